The number of likely N-dealkylation sites (N-methyl/N-ethyl adjacent to an activating group) is 1. The number of nitrogens with zero attached hydrogens (tertiary/aromatic N) is 6. The fourth-order valence-electron chi connectivity index (χ4n) is 3.78. The molecular weight excluding hydrogens is 332 g/mol. The van der Waals surface area contributed by atoms with Crippen LogP contribution in [0.25, 0.3) is 0 Å². The third kappa shape index (κ3) is 3.51. The van der Waals surface area contributed by atoms with E-state index in [4.69, 9.17) is 0 Å². The number of aryl methyl sites for hydroxylation is 1. The Bertz CT molecular complexity index is 779. The van der Waals surface area contributed by atoms with Gasteiger partial charge in [-0.2, -0.15) is 5.10 Å². The van der Waals surface area contributed by atoms with Crippen molar-refractivity contribution in [3.8, 4) is 0 Å². The van der Waals surface area contributed by atoms with Crippen LogP contribution in [0.15, 0.2) is 6.33 Å². The number of carboxylic acids is 1. The van der Waals surface area contributed by atoms with Crippen molar-refractivity contribution >= 4 is 5.97 Å². The second-order valence-corrected chi connectivity index (χ2v) is 7.36. The quantitative estimate of drug-likeness (QED) is 0.814. The predicted octanol–water partition coefficient (Wildman–Crippen LogP) is 2.15. The van der Waals surface area contributed by atoms with Crippen LogP contribution in [-0.4, -0.2) is 53.6 Å². The summed E-state index contributed by atoms with van der Waals surface area (Å²) in [6.07, 6.45) is 5.29. The van der Waals surface area contributed by atoms with Crippen molar-refractivity contribution in [2.45, 2.75) is 71.6 Å². The first-order valence-corrected chi connectivity index (χ1v) is 9.32. The zero-order chi connectivity index (χ0) is 18.8. The van der Waals surface area contributed by atoms with Crippen LogP contribution in [0, 0.1) is 0 Å². The fraction of sp³-hybridized carbons (Fsp3) is 0.667. The van der Waals surface area contributed by atoms with Gasteiger partial charge in [-0.25, -0.2) is 4.79 Å². The normalized spacial score (nSPS) is 17.1. The Morgan fingerprint density at radius 1 is 1.46 bits per heavy atom. The highest BCUT2D eigenvalue weighted by Gasteiger charge is 2.31. The number of hydrogen-bond donors (Lipinski definition) is 1. The van der Waals surface area contributed by atoms with Crippen LogP contribution in [-0.2, 0) is 25.9 Å². The summed E-state index contributed by atoms with van der Waals surface area (Å²) < 4.78 is 3.97. The molecule has 2 heterocycles. The van der Waals surface area contributed by atoms with Gasteiger partial charge < -0.3 is 9.67 Å². The second kappa shape index (κ2) is 7.57. The Hall–Kier alpha value is -2.22. The average molecular weight is 360 g/mol. The zero-order valence-corrected chi connectivity index (χ0v) is 16.0. The number of aromatic carboxylic acids is 1. The Kier molecular flexibility index (Phi) is 5.41. The number of aromatic nitrogens is 5. The van der Waals surface area contributed by atoms with Gasteiger partial charge in [-0.1, -0.05) is 6.92 Å². The van der Waals surface area contributed by atoms with Crippen molar-refractivity contribution in [3.05, 3.63) is 29.1 Å². The number of hydrogen-bond acceptors (Lipinski definition) is 5. The summed E-state index contributed by atoms with van der Waals surface area (Å²) >= 11 is 0. The minimum Gasteiger partial charge on any atom is -0.476 e. The van der Waals surface area contributed by atoms with E-state index >= 15 is 0 Å². The average Bonchev–Trinajstić information content (AvgIpc) is 3.19. The van der Waals surface area contributed by atoms with E-state index in [1.54, 1.807) is 6.33 Å². The van der Waals surface area contributed by atoms with Crippen molar-refractivity contribution in [2.75, 3.05) is 7.05 Å². The molecule has 2 aromatic rings. The maximum atomic E-state index is 11.6. The molecule has 3 rings (SSSR count). The molecule has 1 aliphatic rings. The molecule has 0 saturated heterocycles. The number of rotatable bonds is 7. The van der Waals surface area contributed by atoms with Gasteiger partial charge in [0.25, 0.3) is 0 Å². The van der Waals surface area contributed by atoms with Gasteiger partial charge in [-0.15, -0.1) is 10.2 Å². The Balaban J connectivity index is 1.79. The van der Waals surface area contributed by atoms with Gasteiger partial charge in [0.2, 0.25) is 0 Å². The zero-order valence-electron chi connectivity index (χ0n) is 16.0. The summed E-state index contributed by atoms with van der Waals surface area (Å²) in [4.78, 5) is 13.9. The SMILES string of the molecule is CCCn1nc(C(=O)O)c2c1CCC(N(C)Cc1nncn1C(C)C)C2. The molecule has 8 nitrogen and oxygen atoms in total. The van der Waals surface area contributed by atoms with Crippen molar-refractivity contribution in [3.63, 3.8) is 0 Å². The summed E-state index contributed by atoms with van der Waals surface area (Å²) in [5.41, 5.74) is 2.22. The van der Waals surface area contributed by atoms with Gasteiger partial charge in [0.1, 0.15) is 12.2 Å². The first-order chi connectivity index (χ1) is 12.4. The van der Waals surface area contributed by atoms with E-state index in [0.717, 1.165) is 42.9 Å². The molecule has 0 spiro atoms. The molecule has 2 aromatic heterocycles. The topological polar surface area (TPSA) is 89.1 Å². The molecule has 0 aliphatic heterocycles. The van der Waals surface area contributed by atoms with E-state index < -0.39 is 5.97 Å². The molecule has 1 unspecified atom stereocenters. The summed E-state index contributed by atoms with van der Waals surface area (Å²) in [5.74, 6) is 0.00684. The van der Waals surface area contributed by atoms with E-state index in [2.05, 4.69) is 52.6 Å². The Labute approximate surface area is 153 Å². The van der Waals surface area contributed by atoms with Crippen LogP contribution in [0.5, 0.6) is 0 Å². The van der Waals surface area contributed by atoms with Crippen LogP contribution in [0.2, 0.25) is 0 Å². The first-order valence-electron chi connectivity index (χ1n) is 9.32. The molecule has 1 N–H and O–H groups in total. The summed E-state index contributed by atoms with van der Waals surface area (Å²) in [6.45, 7) is 7.78. The van der Waals surface area contributed by atoms with E-state index in [9.17, 15) is 9.90 Å². The second-order valence-electron chi connectivity index (χ2n) is 7.36. The van der Waals surface area contributed by atoms with Gasteiger partial charge >= 0.3 is 5.97 Å². The minimum absolute atomic E-state index is 0.219. The molecule has 8 heteroatoms. The standard InChI is InChI=1S/C18H28N6O2/c1-5-8-24-15-7-6-13(9-14(15)17(21-24)18(25)26)22(4)10-16-20-19-11-23(16)12(2)3/h11-13H,5-10H2,1-4H3,(H,25,26). The van der Waals surface area contributed by atoms with Crippen molar-refractivity contribution in [2.24, 2.45) is 0 Å². The molecule has 0 fully saturated rings. The smallest absolute Gasteiger partial charge is 0.356 e. The highest BCUT2D eigenvalue weighted by atomic mass is 16.4. The van der Waals surface area contributed by atoms with Gasteiger partial charge in [0.05, 0.1) is 6.54 Å². The molecule has 0 bridgehead atoms. The van der Waals surface area contributed by atoms with E-state index in [1.165, 1.54) is 0 Å². The lowest BCUT2D eigenvalue weighted by Crippen LogP contribution is -2.37. The summed E-state index contributed by atoms with van der Waals surface area (Å²) in [6, 6.07) is 0.592. The maximum absolute atomic E-state index is 11.6. The highest BCUT2D eigenvalue weighted by molar-refractivity contribution is 5.87. The largest absolute Gasteiger partial charge is 0.476 e. The predicted molar refractivity (Wildman–Crippen MR) is 97.2 cm³/mol. The highest BCUT2D eigenvalue weighted by Crippen LogP contribution is 2.28. The monoisotopic (exact) mass is 360 g/mol. The minimum atomic E-state index is -0.932. The molecule has 0 saturated carbocycles. The lowest BCUT2D eigenvalue weighted by molar-refractivity contribution is 0.0687. The van der Waals surface area contributed by atoms with Crippen LogP contribution < -0.4 is 0 Å². The van der Waals surface area contributed by atoms with Crippen molar-refractivity contribution in [1.82, 2.24) is 29.4 Å². The van der Waals surface area contributed by atoms with Gasteiger partial charge in [-0.05, 0) is 46.6 Å². The van der Waals surface area contributed by atoms with Crippen molar-refractivity contribution in [1.29, 1.82) is 0 Å². The fourth-order valence-corrected chi connectivity index (χ4v) is 3.78. The van der Waals surface area contributed by atoms with Gasteiger partial charge in [-0.3, -0.25) is 9.58 Å². The molecule has 0 amide bonds. The number of fused-ring (bicyclic) bond motifs is 1. The summed E-state index contributed by atoms with van der Waals surface area (Å²) in [5, 5.41) is 22.2. The van der Waals surface area contributed by atoms with Crippen LogP contribution >= 0.6 is 0 Å². The van der Waals surface area contributed by atoms with Gasteiger partial charge in [0, 0.05) is 29.9 Å². The lowest BCUT2D eigenvalue weighted by Gasteiger charge is -2.31. The number of carbonyl (C=O) groups is 1. The molecular formula is C18H28N6O2. The molecule has 26 heavy (non-hydrogen) atoms. The molecule has 1 aliphatic carbocycles. The maximum Gasteiger partial charge on any atom is 0.356 e. The van der Waals surface area contributed by atoms with Crippen LogP contribution in [0.3, 0.4) is 0 Å². The van der Waals surface area contributed by atoms with E-state index in [0.29, 0.717) is 19.0 Å². The molecule has 0 aromatic carbocycles. The van der Waals surface area contributed by atoms with Gasteiger partial charge in [0.15, 0.2) is 5.69 Å². The van der Waals surface area contributed by atoms with Crippen LogP contribution in [0.4, 0.5) is 0 Å². The molecule has 142 valence electrons. The molecule has 0 radical (unpaired) electrons. The number of carboxylic acid groups (broad SMARTS) is 1. The molecule has 1 atom stereocenters. The third-order valence-corrected chi connectivity index (χ3v) is 5.18. The lowest BCUT2D eigenvalue weighted by atomic mass is 9.90. The Morgan fingerprint density at radius 2 is 2.23 bits per heavy atom. The van der Waals surface area contributed by atoms with Crippen molar-refractivity contribution < 1.29 is 9.90 Å². The third-order valence-electron chi connectivity index (χ3n) is 5.18. The summed E-state index contributed by atoms with van der Waals surface area (Å²) in [7, 11) is 2.08. The van der Waals surface area contributed by atoms with E-state index in [1.807, 2.05) is 4.68 Å². The Morgan fingerprint density at radius 3 is 2.88 bits per heavy atom. The first kappa shape index (κ1) is 18.6. The van der Waals surface area contributed by atoms with E-state index in [-0.39, 0.29) is 11.7 Å². The van der Waals surface area contributed by atoms with Crippen LogP contribution in [0.1, 0.15) is 67.2 Å².